The van der Waals surface area contributed by atoms with Gasteiger partial charge in [-0.25, -0.2) is 9.78 Å². The molecule has 4 rings (SSSR count). The van der Waals surface area contributed by atoms with Gasteiger partial charge in [0.25, 0.3) is 5.56 Å². The third-order valence-electron chi connectivity index (χ3n) is 4.16. The predicted octanol–water partition coefficient (Wildman–Crippen LogP) is 3.40. The van der Waals surface area contributed by atoms with Crippen molar-refractivity contribution in [2.24, 2.45) is 0 Å². The standard InChI is InChI=1S/C18H16N2O4S/c1-23-17(22)15-11(8-9-24-15)10-25-18-19-14-5-3-2-4-13(14)16(21)20(18)12-6-7-12/h2-5,8-9,12H,6-7,10H2,1H3. The summed E-state index contributed by atoms with van der Waals surface area (Å²) in [6.45, 7) is 0. The van der Waals surface area contributed by atoms with E-state index in [4.69, 9.17) is 9.15 Å². The quantitative estimate of drug-likeness (QED) is 0.396. The van der Waals surface area contributed by atoms with Crippen molar-refractivity contribution in [2.45, 2.75) is 29.8 Å². The van der Waals surface area contributed by atoms with Crippen LogP contribution in [0.2, 0.25) is 0 Å². The van der Waals surface area contributed by atoms with Gasteiger partial charge in [-0.2, -0.15) is 0 Å². The van der Waals surface area contributed by atoms with E-state index in [1.165, 1.54) is 25.1 Å². The number of fused-ring (bicyclic) bond motifs is 1. The lowest BCUT2D eigenvalue weighted by atomic mass is 10.2. The summed E-state index contributed by atoms with van der Waals surface area (Å²) in [7, 11) is 1.32. The number of thioether (sulfide) groups is 1. The molecule has 0 unspecified atom stereocenters. The number of hydrogen-bond donors (Lipinski definition) is 0. The molecule has 1 saturated carbocycles. The molecule has 0 atom stereocenters. The number of hydrogen-bond acceptors (Lipinski definition) is 6. The highest BCUT2D eigenvalue weighted by atomic mass is 32.2. The van der Waals surface area contributed by atoms with Crippen LogP contribution in [0.15, 0.2) is 51.0 Å². The number of aromatic nitrogens is 2. The summed E-state index contributed by atoms with van der Waals surface area (Å²) in [6, 6.07) is 9.33. The first kappa shape index (κ1) is 16.0. The molecule has 3 aromatic rings. The van der Waals surface area contributed by atoms with Crippen molar-refractivity contribution in [3.05, 3.63) is 58.3 Å². The average molecular weight is 356 g/mol. The molecule has 0 spiro atoms. The highest BCUT2D eigenvalue weighted by Crippen LogP contribution is 2.37. The molecule has 0 saturated heterocycles. The summed E-state index contributed by atoms with van der Waals surface area (Å²) in [5.41, 5.74) is 1.41. The zero-order valence-corrected chi connectivity index (χ0v) is 14.4. The minimum atomic E-state index is -0.508. The number of nitrogens with zero attached hydrogens (tertiary/aromatic N) is 2. The summed E-state index contributed by atoms with van der Waals surface area (Å²) in [6.07, 6.45) is 3.45. The lowest BCUT2D eigenvalue weighted by molar-refractivity contribution is 0.0564. The molecule has 25 heavy (non-hydrogen) atoms. The van der Waals surface area contributed by atoms with E-state index < -0.39 is 5.97 Å². The number of para-hydroxylation sites is 1. The summed E-state index contributed by atoms with van der Waals surface area (Å²) >= 11 is 1.43. The van der Waals surface area contributed by atoms with Gasteiger partial charge in [0.1, 0.15) is 0 Å². The number of rotatable bonds is 5. The molecule has 7 heteroatoms. The molecule has 0 aliphatic heterocycles. The van der Waals surface area contributed by atoms with E-state index in [9.17, 15) is 9.59 Å². The minimum Gasteiger partial charge on any atom is -0.463 e. The van der Waals surface area contributed by atoms with Crippen LogP contribution in [0.1, 0.15) is 35.0 Å². The Hall–Kier alpha value is -2.54. The fraction of sp³-hybridized carbons (Fsp3) is 0.278. The number of carbonyl (C=O) groups excluding carboxylic acids is 1. The molecule has 1 fully saturated rings. The van der Waals surface area contributed by atoms with E-state index in [0.717, 1.165) is 18.4 Å². The van der Waals surface area contributed by atoms with Crippen LogP contribution >= 0.6 is 11.8 Å². The second-order valence-corrected chi connectivity index (χ2v) is 6.82. The van der Waals surface area contributed by atoms with Gasteiger partial charge in [0.05, 0.1) is 24.3 Å². The van der Waals surface area contributed by atoms with Gasteiger partial charge in [0.2, 0.25) is 5.76 Å². The Balaban J connectivity index is 1.70. The second kappa shape index (κ2) is 6.40. The molecule has 128 valence electrons. The van der Waals surface area contributed by atoms with Crippen LogP contribution < -0.4 is 5.56 Å². The first-order chi connectivity index (χ1) is 12.2. The molecule has 6 nitrogen and oxygen atoms in total. The van der Waals surface area contributed by atoms with Gasteiger partial charge in [0, 0.05) is 17.4 Å². The van der Waals surface area contributed by atoms with Crippen molar-refractivity contribution in [2.75, 3.05) is 7.11 Å². The van der Waals surface area contributed by atoms with Gasteiger partial charge >= 0.3 is 5.97 Å². The van der Waals surface area contributed by atoms with Gasteiger partial charge in [0.15, 0.2) is 5.16 Å². The maximum absolute atomic E-state index is 12.8. The third-order valence-corrected chi connectivity index (χ3v) is 5.16. The Morgan fingerprint density at radius 1 is 1.36 bits per heavy atom. The Kier molecular flexibility index (Phi) is 4.09. The third kappa shape index (κ3) is 2.95. The molecule has 0 bridgehead atoms. The van der Waals surface area contributed by atoms with Crippen molar-refractivity contribution in [1.82, 2.24) is 9.55 Å². The molecule has 1 aromatic carbocycles. The van der Waals surface area contributed by atoms with Crippen LogP contribution in [-0.4, -0.2) is 22.6 Å². The van der Waals surface area contributed by atoms with E-state index in [-0.39, 0.29) is 17.4 Å². The Morgan fingerprint density at radius 2 is 2.16 bits per heavy atom. The Morgan fingerprint density at radius 3 is 2.92 bits per heavy atom. The minimum absolute atomic E-state index is 0.00372. The van der Waals surface area contributed by atoms with E-state index >= 15 is 0 Å². The van der Waals surface area contributed by atoms with Crippen molar-refractivity contribution < 1.29 is 13.9 Å². The lowest BCUT2D eigenvalue weighted by Gasteiger charge is -2.12. The Labute approximate surface area is 147 Å². The van der Waals surface area contributed by atoms with Gasteiger partial charge < -0.3 is 9.15 Å². The fourth-order valence-electron chi connectivity index (χ4n) is 2.75. The number of methoxy groups -OCH3 is 1. The summed E-state index contributed by atoms with van der Waals surface area (Å²) in [5, 5.41) is 1.31. The summed E-state index contributed by atoms with van der Waals surface area (Å²) < 4.78 is 11.7. The second-order valence-electron chi connectivity index (χ2n) is 5.87. The van der Waals surface area contributed by atoms with E-state index in [1.807, 2.05) is 24.3 Å². The highest BCUT2D eigenvalue weighted by molar-refractivity contribution is 7.98. The van der Waals surface area contributed by atoms with E-state index in [0.29, 0.717) is 21.8 Å². The largest absolute Gasteiger partial charge is 0.463 e. The van der Waals surface area contributed by atoms with Crippen LogP contribution in [-0.2, 0) is 10.5 Å². The van der Waals surface area contributed by atoms with Crippen molar-refractivity contribution in [3.63, 3.8) is 0 Å². The molecule has 1 aliphatic carbocycles. The maximum atomic E-state index is 12.8. The number of esters is 1. The highest BCUT2D eigenvalue weighted by Gasteiger charge is 2.28. The van der Waals surface area contributed by atoms with Crippen LogP contribution in [0.4, 0.5) is 0 Å². The normalized spacial score (nSPS) is 14.0. The first-order valence-corrected chi connectivity index (χ1v) is 8.96. The number of furan rings is 1. The van der Waals surface area contributed by atoms with Crippen LogP contribution in [0, 0.1) is 0 Å². The molecular formula is C18H16N2O4S. The SMILES string of the molecule is COC(=O)c1occc1CSc1nc2ccccc2c(=O)n1C1CC1. The van der Waals surface area contributed by atoms with Gasteiger partial charge in [-0.05, 0) is 31.0 Å². The monoisotopic (exact) mass is 356 g/mol. The smallest absolute Gasteiger partial charge is 0.374 e. The lowest BCUT2D eigenvalue weighted by Crippen LogP contribution is -2.22. The molecule has 2 aromatic heterocycles. The maximum Gasteiger partial charge on any atom is 0.374 e. The number of carbonyl (C=O) groups is 1. The molecular weight excluding hydrogens is 340 g/mol. The Bertz CT molecular complexity index is 1000. The van der Waals surface area contributed by atoms with Crippen molar-refractivity contribution >= 4 is 28.6 Å². The molecule has 0 amide bonds. The zero-order chi connectivity index (χ0) is 17.4. The molecule has 0 radical (unpaired) electrons. The molecule has 0 N–H and O–H groups in total. The molecule has 1 aliphatic rings. The van der Waals surface area contributed by atoms with Crippen LogP contribution in [0.25, 0.3) is 10.9 Å². The number of benzene rings is 1. The summed E-state index contributed by atoms with van der Waals surface area (Å²) in [4.78, 5) is 29.2. The van der Waals surface area contributed by atoms with Crippen LogP contribution in [0.3, 0.4) is 0 Å². The topological polar surface area (TPSA) is 74.3 Å². The average Bonchev–Trinajstić information content (AvgIpc) is 3.36. The van der Waals surface area contributed by atoms with Crippen LogP contribution in [0.5, 0.6) is 0 Å². The summed E-state index contributed by atoms with van der Waals surface area (Å²) in [5.74, 6) is 0.154. The van der Waals surface area contributed by atoms with Gasteiger partial charge in [-0.15, -0.1) is 0 Å². The van der Waals surface area contributed by atoms with Gasteiger partial charge in [-0.1, -0.05) is 23.9 Å². The van der Waals surface area contributed by atoms with Crippen molar-refractivity contribution in [1.29, 1.82) is 0 Å². The fourth-order valence-corrected chi connectivity index (χ4v) is 3.79. The molecule has 2 heterocycles. The van der Waals surface area contributed by atoms with Gasteiger partial charge in [-0.3, -0.25) is 9.36 Å². The number of ether oxygens (including phenoxy) is 1. The predicted molar refractivity (Wildman–Crippen MR) is 93.9 cm³/mol. The first-order valence-electron chi connectivity index (χ1n) is 7.98. The zero-order valence-electron chi connectivity index (χ0n) is 13.6. The van der Waals surface area contributed by atoms with E-state index in [1.54, 1.807) is 10.6 Å². The van der Waals surface area contributed by atoms with E-state index in [2.05, 4.69) is 4.98 Å². The van der Waals surface area contributed by atoms with Crippen molar-refractivity contribution in [3.8, 4) is 0 Å².